The lowest BCUT2D eigenvalue weighted by Crippen LogP contribution is -2.62. The van der Waals surface area contributed by atoms with Gasteiger partial charge in [0.1, 0.15) is 5.76 Å². The maximum atomic E-state index is 13.8. The number of rotatable bonds is 5. The molecule has 2 spiro atoms. The molecular formula is C30H46O8Si. The minimum absolute atomic E-state index is 0.0130. The van der Waals surface area contributed by atoms with Crippen LogP contribution in [0.4, 0.5) is 0 Å². The molecule has 0 amide bonds. The molecule has 5 rings (SSSR count). The summed E-state index contributed by atoms with van der Waals surface area (Å²) in [6, 6.07) is 0. The summed E-state index contributed by atoms with van der Waals surface area (Å²) in [7, 11) is 0.357. The third-order valence-electron chi connectivity index (χ3n) is 11.3. The minimum Gasteiger partial charge on any atom is -0.544 e. The highest BCUT2D eigenvalue weighted by Crippen LogP contribution is 2.70. The third-order valence-corrected chi connectivity index (χ3v) is 15.6. The SMILES string of the molecule is COC(=O)C[C@H]1[C@]2(C(=O)OC)OC[C@]13CC=C1[C@H](C)C4(CC[C@]1(C)[C@H]3C=C2O[Si](C)(C)C(C)(C)C)OCCO4. The predicted octanol–water partition coefficient (Wildman–Crippen LogP) is 5.14. The normalized spacial score (nSPS) is 38.8. The molecule has 5 aliphatic rings. The van der Waals surface area contributed by atoms with Gasteiger partial charge in [-0.1, -0.05) is 46.3 Å². The average Bonchev–Trinajstić information content (AvgIpc) is 3.43. The van der Waals surface area contributed by atoms with Crippen LogP contribution in [0.25, 0.3) is 0 Å². The van der Waals surface area contributed by atoms with E-state index < -0.39 is 37.0 Å². The number of esters is 2. The molecule has 2 heterocycles. The number of hydrogen-bond donors (Lipinski definition) is 0. The Labute approximate surface area is 233 Å². The monoisotopic (exact) mass is 562 g/mol. The van der Waals surface area contributed by atoms with Gasteiger partial charge in [-0.3, -0.25) is 4.79 Å². The Morgan fingerprint density at radius 1 is 1.08 bits per heavy atom. The van der Waals surface area contributed by atoms with E-state index in [0.29, 0.717) is 32.0 Å². The van der Waals surface area contributed by atoms with Gasteiger partial charge in [-0.2, -0.15) is 0 Å². The molecule has 2 aliphatic heterocycles. The average molecular weight is 563 g/mol. The van der Waals surface area contributed by atoms with Gasteiger partial charge in [-0.25, -0.2) is 4.79 Å². The molecule has 9 heteroatoms. The van der Waals surface area contributed by atoms with Crippen molar-refractivity contribution in [3.8, 4) is 0 Å². The fraction of sp³-hybridized carbons (Fsp3) is 0.800. The van der Waals surface area contributed by atoms with Crippen molar-refractivity contribution in [2.24, 2.45) is 28.6 Å². The number of carbonyl (C=O) groups is 2. The molecule has 6 atom stereocenters. The summed E-state index contributed by atoms with van der Waals surface area (Å²) in [6.45, 7) is 16.9. The van der Waals surface area contributed by atoms with E-state index in [-0.39, 0.29) is 34.7 Å². The summed E-state index contributed by atoms with van der Waals surface area (Å²) in [5.41, 5.74) is -0.897. The first-order valence-corrected chi connectivity index (χ1v) is 17.2. The Bertz CT molecular complexity index is 1100. The molecule has 3 aliphatic carbocycles. The summed E-state index contributed by atoms with van der Waals surface area (Å²) in [5.74, 6) is -1.36. The molecule has 0 aromatic rings. The zero-order valence-corrected chi connectivity index (χ0v) is 26.1. The second-order valence-corrected chi connectivity index (χ2v) is 18.7. The van der Waals surface area contributed by atoms with E-state index in [1.165, 1.54) is 19.8 Å². The number of methoxy groups -OCH3 is 2. The predicted molar refractivity (Wildman–Crippen MR) is 147 cm³/mol. The summed E-state index contributed by atoms with van der Waals surface area (Å²) in [6.07, 6.45) is 6.87. The number of allylic oxidation sites excluding steroid dienone is 2. The van der Waals surface area contributed by atoms with E-state index in [1.807, 2.05) is 0 Å². The van der Waals surface area contributed by atoms with Crippen LogP contribution in [0.3, 0.4) is 0 Å². The second-order valence-electron chi connectivity index (χ2n) is 14.0. The molecule has 1 saturated carbocycles. The Kier molecular flexibility index (Phi) is 6.77. The van der Waals surface area contributed by atoms with Crippen LogP contribution in [0.15, 0.2) is 23.5 Å². The van der Waals surface area contributed by atoms with Crippen LogP contribution in [0, 0.1) is 28.6 Å². The van der Waals surface area contributed by atoms with Gasteiger partial charge < -0.3 is 28.1 Å². The van der Waals surface area contributed by atoms with E-state index in [2.05, 4.69) is 59.9 Å². The fourth-order valence-electron chi connectivity index (χ4n) is 8.02. The Balaban J connectivity index is 1.70. The van der Waals surface area contributed by atoms with Gasteiger partial charge in [0.15, 0.2) is 5.79 Å². The first-order chi connectivity index (χ1) is 18.1. The highest BCUT2D eigenvalue weighted by Gasteiger charge is 2.74. The van der Waals surface area contributed by atoms with E-state index >= 15 is 0 Å². The van der Waals surface area contributed by atoms with Crippen molar-refractivity contribution in [2.45, 2.75) is 89.8 Å². The Morgan fingerprint density at radius 3 is 2.33 bits per heavy atom. The molecule has 0 aromatic carbocycles. The molecule has 2 bridgehead atoms. The minimum atomic E-state index is -2.41. The van der Waals surface area contributed by atoms with Crippen LogP contribution < -0.4 is 0 Å². The zero-order chi connectivity index (χ0) is 28.6. The Hall–Kier alpha value is -1.68. The first kappa shape index (κ1) is 28.8. The maximum Gasteiger partial charge on any atom is 0.346 e. The lowest BCUT2D eigenvalue weighted by atomic mass is 9.44. The van der Waals surface area contributed by atoms with Crippen molar-refractivity contribution in [3.05, 3.63) is 23.5 Å². The molecular weight excluding hydrogens is 516 g/mol. The topological polar surface area (TPSA) is 89.5 Å². The van der Waals surface area contributed by atoms with Crippen molar-refractivity contribution >= 4 is 20.3 Å². The van der Waals surface area contributed by atoms with Gasteiger partial charge in [-0.15, -0.1) is 0 Å². The van der Waals surface area contributed by atoms with Crippen LogP contribution in [0.5, 0.6) is 0 Å². The van der Waals surface area contributed by atoms with Crippen LogP contribution in [-0.2, 0) is 37.7 Å². The zero-order valence-electron chi connectivity index (χ0n) is 25.1. The molecule has 0 unspecified atom stereocenters. The summed E-state index contributed by atoms with van der Waals surface area (Å²) >= 11 is 0. The molecule has 0 radical (unpaired) electrons. The van der Waals surface area contributed by atoms with Crippen molar-refractivity contribution in [2.75, 3.05) is 34.0 Å². The lowest BCUT2D eigenvalue weighted by Gasteiger charge is -2.60. The first-order valence-electron chi connectivity index (χ1n) is 14.3. The highest BCUT2D eigenvalue weighted by molar-refractivity contribution is 6.74. The van der Waals surface area contributed by atoms with Gasteiger partial charge in [0.25, 0.3) is 0 Å². The van der Waals surface area contributed by atoms with Gasteiger partial charge in [0.05, 0.1) is 40.5 Å². The van der Waals surface area contributed by atoms with E-state index in [9.17, 15) is 9.59 Å². The lowest BCUT2D eigenvalue weighted by molar-refractivity contribution is -0.212. The van der Waals surface area contributed by atoms with E-state index in [0.717, 1.165) is 12.8 Å². The van der Waals surface area contributed by atoms with Gasteiger partial charge in [0.2, 0.25) is 13.9 Å². The van der Waals surface area contributed by atoms with Gasteiger partial charge >= 0.3 is 11.9 Å². The van der Waals surface area contributed by atoms with Crippen molar-refractivity contribution in [1.82, 2.24) is 0 Å². The summed E-state index contributed by atoms with van der Waals surface area (Å²) in [4.78, 5) is 26.7. The van der Waals surface area contributed by atoms with E-state index in [4.69, 9.17) is 28.1 Å². The quantitative estimate of drug-likeness (QED) is 0.259. The van der Waals surface area contributed by atoms with Gasteiger partial charge in [0, 0.05) is 23.7 Å². The largest absolute Gasteiger partial charge is 0.544 e. The van der Waals surface area contributed by atoms with Crippen molar-refractivity contribution in [1.29, 1.82) is 0 Å². The summed E-state index contributed by atoms with van der Waals surface area (Å²) < 4.78 is 36.6. The molecule has 0 N–H and O–H groups in total. The van der Waals surface area contributed by atoms with E-state index in [1.54, 1.807) is 0 Å². The molecule has 39 heavy (non-hydrogen) atoms. The van der Waals surface area contributed by atoms with Gasteiger partial charge in [-0.05, 0) is 48.4 Å². The number of fused-ring (bicyclic) bond motifs is 3. The summed E-state index contributed by atoms with van der Waals surface area (Å²) in [5, 5.41) is -0.111. The van der Waals surface area contributed by atoms with Crippen molar-refractivity contribution < 1.29 is 37.7 Å². The second kappa shape index (κ2) is 9.16. The molecule has 2 saturated heterocycles. The molecule has 3 fully saturated rings. The number of hydrogen-bond acceptors (Lipinski definition) is 8. The van der Waals surface area contributed by atoms with Crippen LogP contribution in [0.1, 0.15) is 60.3 Å². The number of ether oxygens (including phenoxy) is 5. The fourth-order valence-corrected chi connectivity index (χ4v) is 9.09. The smallest absolute Gasteiger partial charge is 0.346 e. The molecule has 0 aromatic heterocycles. The van der Waals surface area contributed by atoms with Crippen LogP contribution in [-0.4, -0.2) is 65.7 Å². The number of carbonyl (C=O) groups excluding carboxylic acids is 2. The Morgan fingerprint density at radius 2 is 1.74 bits per heavy atom. The maximum absolute atomic E-state index is 13.8. The van der Waals surface area contributed by atoms with Crippen molar-refractivity contribution in [3.63, 3.8) is 0 Å². The molecule has 218 valence electrons. The third kappa shape index (κ3) is 3.86. The highest BCUT2D eigenvalue weighted by atomic mass is 28.4. The van der Waals surface area contributed by atoms with Crippen LogP contribution in [0.2, 0.25) is 18.1 Å². The standard InChI is InChI=1S/C30H46O8Si/c1-19-20-10-11-28-18-37-30(25(32)34-7,22(28)17-24(31)33-6)23(38-39(8,9)26(2,3)4)16-21(28)27(20,5)12-13-29(19)35-14-15-36-29/h10,16,19,21-22H,11-15,17-18H2,1-9H3/t19-,21+,22+,27-,28-,30-/m0/s1. The molecule has 8 nitrogen and oxygen atoms in total. The van der Waals surface area contributed by atoms with Crippen LogP contribution >= 0.6 is 0 Å².